The molecule has 1 heterocycles. The standard InChI is InChI=1S/C10H17N3/c1-4-10-9(7-11-5-2)6-8(3)12-13-10/h6,11H,4-5,7H2,1-3H3. The third-order valence-electron chi connectivity index (χ3n) is 1.98. The van der Waals surface area contributed by atoms with Gasteiger partial charge in [0.1, 0.15) is 0 Å². The van der Waals surface area contributed by atoms with Gasteiger partial charge in [0.15, 0.2) is 0 Å². The molecule has 1 rings (SSSR count). The number of hydrogen-bond acceptors (Lipinski definition) is 3. The molecule has 1 N–H and O–H groups in total. The van der Waals surface area contributed by atoms with Gasteiger partial charge >= 0.3 is 0 Å². The molecular weight excluding hydrogens is 162 g/mol. The number of rotatable bonds is 4. The van der Waals surface area contributed by atoms with Crippen LogP contribution in [0.5, 0.6) is 0 Å². The number of aryl methyl sites for hydroxylation is 2. The molecule has 0 fully saturated rings. The molecule has 0 bridgehead atoms. The van der Waals surface area contributed by atoms with Gasteiger partial charge in [0.2, 0.25) is 0 Å². The van der Waals surface area contributed by atoms with Gasteiger partial charge in [0.05, 0.1) is 11.4 Å². The molecule has 0 saturated heterocycles. The number of nitrogens with one attached hydrogen (secondary N) is 1. The molecule has 0 amide bonds. The van der Waals surface area contributed by atoms with Crippen molar-refractivity contribution in [1.29, 1.82) is 0 Å². The van der Waals surface area contributed by atoms with Gasteiger partial charge in [0.25, 0.3) is 0 Å². The van der Waals surface area contributed by atoms with Crippen molar-refractivity contribution in [1.82, 2.24) is 15.5 Å². The van der Waals surface area contributed by atoms with Crippen molar-refractivity contribution < 1.29 is 0 Å². The van der Waals surface area contributed by atoms with Gasteiger partial charge in [-0.25, -0.2) is 0 Å². The van der Waals surface area contributed by atoms with Crippen molar-refractivity contribution in [2.24, 2.45) is 0 Å². The van der Waals surface area contributed by atoms with Crippen LogP contribution in [0.1, 0.15) is 30.8 Å². The summed E-state index contributed by atoms with van der Waals surface area (Å²) in [4.78, 5) is 0. The zero-order chi connectivity index (χ0) is 9.68. The quantitative estimate of drug-likeness (QED) is 0.760. The van der Waals surface area contributed by atoms with E-state index in [0.717, 1.165) is 30.9 Å². The van der Waals surface area contributed by atoms with Gasteiger partial charge < -0.3 is 5.32 Å². The Hall–Kier alpha value is -0.960. The summed E-state index contributed by atoms with van der Waals surface area (Å²) >= 11 is 0. The Labute approximate surface area is 79.6 Å². The van der Waals surface area contributed by atoms with Crippen molar-refractivity contribution in [2.75, 3.05) is 6.54 Å². The molecule has 0 unspecified atom stereocenters. The Balaban J connectivity index is 2.81. The van der Waals surface area contributed by atoms with E-state index in [1.165, 1.54) is 5.56 Å². The fraction of sp³-hybridized carbons (Fsp3) is 0.600. The second kappa shape index (κ2) is 4.92. The molecule has 1 aromatic rings. The van der Waals surface area contributed by atoms with E-state index in [1.807, 2.05) is 6.92 Å². The van der Waals surface area contributed by atoms with E-state index in [0.29, 0.717) is 0 Å². The van der Waals surface area contributed by atoms with Crippen LogP contribution < -0.4 is 5.32 Å². The van der Waals surface area contributed by atoms with E-state index >= 15 is 0 Å². The van der Waals surface area contributed by atoms with Gasteiger partial charge in [-0.05, 0) is 31.5 Å². The number of aromatic nitrogens is 2. The lowest BCUT2D eigenvalue weighted by atomic mass is 10.1. The van der Waals surface area contributed by atoms with Crippen molar-refractivity contribution in [3.8, 4) is 0 Å². The van der Waals surface area contributed by atoms with Gasteiger partial charge in [-0.3, -0.25) is 0 Å². The lowest BCUT2D eigenvalue weighted by molar-refractivity contribution is 0.706. The van der Waals surface area contributed by atoms with Crippen molar-refractivity contribution in [3.63, 3.8) is 0 Å². The van der Waals surface area contributed by atoms with Crippen LogP contribution in [-0.2, 0) is 13.0 Å². The monoisotopic (exact) mass is 179 g/mol. The lowest BCUT2D eigenvalue weighted by Crippen LogP contribution is -2.14. The van der Waals surface area contributed by atoms with Gasteiger partial charge in [-0.15, -0.1) is 0 Å². The van der Waals surface area contributed by atoms with Crippen LogP contribution in [0.4, 0.5) is 0 Å². The van der Waals surface area contributed by atoms with Crippen molar-refractivity contribution >= 4 is 0 Å². The van der Waals surface area contributed by atoms with Crippen LogP contribution in [0.3, 0.4) is 0 Å². The minimum Gasteiger partial charge on any atom is -0.313 e. The third kappa shape index (κ3) is 2.77. The van der Waals surface area contributed by atoms with E-state index in [4.69, 9.17) is 0 Å². The lowest BCUT2D eigenvalue weighted by Gasteiger charge is -2.06. The molecule has 0 spiro atoms. The highest BCUT2D eigenvalue weighted by atomic mass is 15.1. The fourth-order valence-electron chi connectivity index (χ4n) is 1.28. The van der Waals surface area contributed by atoms with E-state index in [2.05, 4.69) is 35.4 Å². The molecule has 0 aliphatic heterocycles. The molecular formula is C10H17N3. The minimum atomic E-state index is 0.899. The Morgan fingerprint density at radius 3 is 2.69 bits per heavy atom. The van der Waals surface area contributed by atoms with Crippen LogP contribution >= 0.6 is 0 Å². The zero-order valence-electron chi connectivity index (χ0n) is 8.59. The fourth-order valence-corrected chi connectivity index (χ4v) is 1.28. The number of hydrogen-bond donors (Lipinski definition) is 1. The molecule has 3 heteroatoms. The molecule has 13 heavy (non-hydrogen) atoms. The first kappa shape index (κ1) is 10.1. The summed E-state index contributed by atoms with van der Waals surface area (Å²) in [6, 6.07) is 2.11. The summed E-state index contributed by atoms with van der Waals surface area (Å²) in [6.45, 7) is 8.07. The van der Waals surface area contributed by atoms with Crippen LogP contribution in [-0.4, -0.2) is 16.7 Å². The van der Waals surface area contributed by atoms with E-state index in [9.17, 15) is 0 Å². The van der Waals surface area contributed by atoms with Gasteiger partial charge in [-0.2, -0.15) is 10.2 Å². The van der Waals surface area contributed by atoms with Gasteiger partial charge in [0, 0.05) is 6.54 Å². The predicted molar refractivity (Wildman–Crippen MR) is 53.5 cm³/mol. The van der Waals surface area contributed by atoms with Gasteiger partial charge in [-0.1, -0.05) is 13.8 Å². The maximum absolute atomic E-state index is 4.16. The molecule has 0 radical (unpaired) electrons. The first-order valence-corrected chi connectivity index (χ1v) is 4.80. The van der Waals surface area contributed by atoms with Crippen LogP contribution in [0.25, 0.3) is 0 Å². The molecule has 0 aromatic carbocycles. The summed E-state index contributed by atoms with van der Waals surface area (Å²) in [5.74, 6) is 0. The molecule has 72 valence electrons. The average molecular weight is 179 g/mol. The number of nitrogens with zero attached hydrogens (tertiary/aromatic N) is 2. The molecule has 0 atom stereocenters. The summed E-state index contributed by atoms with van der Waals surface area (Å²) in [5.41, 5.74) is 3.37. The Bertz CT molecular complexity index is 271. The second-order valence-corrected chi connectivity index (χ2v) is 3.09. The Morgan fingerprint density at radius 2 is 2.08 bits per heavy atom. The maximum atomic E-state index is 4.16. The summed E-state index contributed by atoms with van der Waals surface area (Å²) in [7, 11) is 0. The summed E-state index contributed by atoms with van der Waals surface area (Å²) in [5, 5.41) is 11.5. The molecule has 1 aromatic heterocycles. The van der Waals surface area contributed by atoms with E-state index in [1.54, 1.807) is 0 Å². The Kier molecular flexibility index (Phi) is 3.83. The van der Waals surface area contributed by atoms with E-state index < -0.39 is 0 Å². The van der Waals surface area contributed by atoms with Crippen molar-refractivity contribution in [3.05, 3.63) is 23.0 Å². The molecule has 3 nitrogen and oxygen atoms in total. The van der Waals surface area contributed by atoms with Crippen LogP contribution in [0.2, 0.25) is 0 Å². The van der Waals surface area contributed by atoms with Crippen LogP contribution in [0, 0.1) is 6.92 Å². The first-order valence-electron chi connectivity index (χ1n) is 4.80. The highest BCUT2D eigenvalue weighted by molar-refractivity contribution is 5.20. The first-order chi connectivity index (χ1) is 6.27. The van der Waals surface area contributed by atoms with Crippen LogP contribution in [0.15, 0.2) is 6.07 Å². The van der Waals surface area contributed by atoms with E-state index in [-0.39, 0.29) is 0 Å². The highest BCUT2D eigenvalue weighted by Crippen LogP contribution is 2.06. The Morgan fingerprint density at radius 1 is 1.31 bits per heavy atom. The minimum absolute atomic E-state index is 0.899. The topological polar surface area (TPSA) is 37.8 Å². The predicted octanol–water partition coefficient (Wildman–Crippen LogP) is 1.46. The highest BCUT2D eigenvalue weighted by Gasteiger charge is 2.02. The summed E-state index contributed by atoms with van der Waals surface area (Å²) in [6.07, 6.45) is 0.952. The van der Waals surface area contributed by atoms with Crippen molar-refractivity contribution in [2.45, 2.75) is 33.7 Å². The molecule has 0 aliphatic rings. The maximum Gasteiger partial charge on any atom is 0.0673 e. The largest absolute Gasteiger partial charge is 0.313 e. The average Bonchev–Trinajstić information content (AvgIpc) is 2.15. The normalized spacial score (nSPS) is 10.4. The summed E-state index contributed by atoms with van der Waals surface area (Å²) < 4.78 is 0. The smallest absolute Gasteiger partial charge is 0.0673 e. The third-order valence-corrected chi connectivity index (χ3v) is 1.98. The molecule has 0 aliphatic carbocycles. The zero-order valence-corrected chi connectivity index (χ0v) is 8.59. The second-order valence-electron chi connectivity index (χ2n) is 3.09. The SMILES string of the molecule is CCNCc1cc(C)nnc1CC. The molecule has 0 saturated carbocycles.